The van der Waals surface area contributed by atoms with Gasteiger partial charge in [-0.3, -0.25) is 20.0 Å². The molecule has 0 unspecified atom stereocenters. The molecule has 0 saturated carbocycles. The summed E-state index contributed by atoms with van der Waals surface area (Å²) in [6.45, 7) is 7.24. The molecule has 2 saturated heterocycles. The number of carbonyl (C=O) groups is 1. The van der Waals surface area contributed by atoms with Crippen molar-refractivity contribution in [3.63, 3.8) is 0 Å². The van der Waals surface area contributed by atoms with Crippen LogP contribution in [0.3, 0.4) is 0 Å². The Kier molecular flexibility index (Phi) is 5.52. The predicted octanol–water partition coefficient (Wildman–Crippen LogP) is 1.05. The molecule has 10 heteroatoms. The summed E-state index contributed by atoms with van der Waals surface area (Å²) >= 11 is 0. The van der Waals surface area contributed by atoms with E-state index >= 15 is 0 Å². The van der Waals surface area contributed by atoms with E-state index in [1.54, 1.807) is 20.8 Å². The number of anilines is 1. The molecule has 2 aliphatic rings. The van der Waals surface area contributed by atoms with Crippen LogP contribution in [0, 0.1) is 5.92 Å². The van der Waals surface area contributed by atoms with Crippen molar-refractivity contribution in [1.29, 1.82) is 0 Å². The Hall–Kier alpha value is -2.01. The summed E-state index contributed by atoms with van der Waals surface area (Å²) < 4.78 is 24.4. The number of esters is 1. The lowest BCUT2D eigenvalue weighted by molar-refractivity contribution is -0.203. The van der Waals surface area contributed by atoms with E-state index in [9.17, 15) is 9.59 Å². The highest BCUT2D eigenvalue weighted by molar-refractivity contribution is 5.71. The number of ether oxygens (including phenoxy) is 4. The standard InChI is InChI=1S/C17H25N3O7/c1-5-9(2)15(21)24-8-10-12-13(27-17(3,4)26-12)14(25-10)20-7-6-11(19-23)18-16(20)22/h6-7,9-10,12-14,23H,5,8H2,1-4H3,(H,18,19,22)/t9-,10+,12+,13+,14+/m0/s1. The Balaban J connectivity index is 1.80. The topological polar surface area (TPSA) is 121 Å². The molecule has 5 atom stereocenters. The molecule has 0 spiro atoms. The van der Waals surface area contributed by atoms with Crippen molar-refractivity contribution in [3.8, 4) is 0 Å². The number of aromatic nitrogens is 2. The summed E-state index contributed by atoms with van der Waals surface area (Å²) in [5, 5.41) is 8.88. The van der Waals surface area contributed by atoms with Gasteiger partial charge in [-0.2, -0.15) is 4.98 Å². The number of hydrogen-bond acceptors (Lipinski definition) is 9. The van der Waals surface area contributed by atoms with Crippen LogP contribution in [-0.2, 0) is 23.7 Å². The molecule has 1 aromatic heterocycles. The fourth-order valence-electron chi connectivity index (χ4n) is 3.16. The van der Waals surface area contributed by atoms with Crippen LogP contribution in [0.4, 0.5) is 5.82 Å². The zero-order chi connectivity index (χ0) is 19.8. The van der Waals surface area contributed by atoms with Gasteiger partial charge in [0.2, 0.25) is 0 Å². The summed E-state index contributed by atoms with van der Waals surface area (Å²) in [5.41, 5.74) is 1.20. The molecule has 10 nitrogen and oxygen atoms in total. The quantitative estimate of drug-likeness (QED) is 0.548. The van der Waals surface area contributed by atoms with Gasteiger partial charge in [0.05, 0.1) is 5.92 Å². The summed E-state index contributed by atoms with van der Waals surface area (Å²) in [7, 11) is 0. The summed E-state index contributed by atoms with van der Waals surface area (Å²) in [6, 6.07) is 1.43. The molecule has 0 aliphatic carbocycles. The predicted molar refractivity (Wildman–Crippen MR) is 92.1 cm³/mol. The highest BCUT2D eigenvalue weighted by Crippen LogP contribution is 2.42. The molecule has 0 bridgehead atoms. The van der Waals surface area contributed by atoms with E-state index < -0.39 is 36.0 Å². The Morgan fingerprint density at radius 3 is 2.78 bits per heavy atom. The fraction of sp³-hybridized carbons (Fsp3) is 0.706. The number of hydrogen-bond donors (Lipinski definition) is 2. The van der Waals surface area contributed by atoms with Crippen LogP contribution in [-0.4, -0.2) is 51.4 Å². The first-order valence-corrected chi connectivity index (χ1v) is 8.92. The number of nitrogens with one attached hydrogen (secondary N) is 1. The summed E-state index contributed by atoms with van der Waals surface area (Å²) in [5.74, 6) is -1.36. The number of nitrogens with zero attached hydrogens (tertiary/aromatic N) is 2. The third kappa shape index (κ3) is 3.98. The Bertz CT molecular complexity index is 750. The Morgan fingerprint density at radius 2 is 2.15 bits per heavy atom. The monoisotopic (exact) mass is 383 g/mol. The maximum atomic E-state index is 12.3. The molecule has 3 rings (SSSR count). The zero-order valence-corrected chi connectivity index (χ0v) is 15.7. The lowest BCUT2D eigenvalue weighted by Gasteiger charge is -2.25. The molecular weight excluding hydrogens is 358 g/mol. The second-order valence-corrected chi connectivity index (χ2v) is 7.18. The second kappa shape index (κ2) is 7.55. The van der Waals surface area contributed by atoms with E-state index in [2.05, 4.69) is 4.98 Å². The minimum Gasteiger partial charge on any atom is -0.463 e. The van der Waals surface area contributed by atoms with E-state index in [0.29, 0.717) is 6.42 Å². The van der Waals surface area contributed by atoms with E-state index in [1.807, 2.05) is 12.4 Å². The third-order valence-electron chi connectivity index (χ3n) is 4.75. The summed E-state index contributed by atoms with van der Waals surface area (Å²) in [4.78, 5) is 28.0. The van der Waals surface area contributed by atoms with Crippen molar-refractivity contribution in [1.82, 2.24) is 9.55 Å². The number of carbonyl (C=O) groups excluding carboxylic acids is 1. The van der Waals surface area contributed by atoms with Crippen LogP contribution < -0.4 is 11.2 Å². The zero-order valence-electron chi connectivity index (χ0n) is 15.7. The molecular formula is C17H25N3O7. The lowest BCUT2D eigenvalue weighted by atomic mass is 10.1. The third-order valence-corrected chi connectivity index (χ3v) is 4.75. The van der Waals surface area contributed by atoms with Crippen molar-refractivity contribution in [2.45, 2.75) is 64.4 Å². The highest BCUT2D eigenvalue weighted by Gasteiger charge is 2.56. The van der Waals surface area contributed by atoms with Crippen LogP contribution in [0.25, 0.3) is 0 Å². The maximum absolute atomic E-state index is 12.3. The largest absolute Gasteiger partial charge is 0.463 e. The lowest BCUT2D eigenvalue weighted by Crippen LogP contribution is -2.34. The minimum atomic E-state index is -0.861. The smallest absolute Gasteiger partial charge is 0.351 e. The van der Waals surface area contributed by atoms with Crippen molar-refractivity contribution in [3.05, 3.63) is 22.7 Å². The van der Waals surface area contributed by atoms with Crippen LogP contribution in [0.1, 0.15) is 40.3 Å². The molecule has 0 aromatic carbocycles. The van der Waals surface area contributed by atoms with Gasteiger partial charge in [0, 0.05) is 6.20 Å². The van der Waals surface area contributed by atoms with Gasteiger partial charge in [-0.1, -0.05) is 13.8 Å². The van der Waals surface area contributed by atoms with Gasteiger partial charge in [0.1, 0.15) is 24.9 Å². The van der Waals surface area contributed by atoms with Gasteiger partial charge in [0.25, 0.3) is 0 Å². The minimum absolute atomic E-state index is 0.00125. The summed E-state index contributed by atoms with van der Waals surface area (Å²) in [6.07, 6.45) is -0.332. The molecule has 0 radical (unpaired) electrons. The van der Waals surface area contributed by atoms with E-state index in [1.165, 1.54) is 16.8 Å². The van der Waals surface area contributed by atoms with Crippen molar-refractivity contribution < 1.29 is 28.9 Å². The van der Waals surface area contributed by atoms with Gasteiger partial charge >= 0.3 is 11.7 Å². The van der Waals surface area contributed by atoms with Crippen LogP contribution in [0.5, 0.6) is 0 Å². The average molecular weight is 383 g/mol. The number of rotatable bonds is 6. The first kappa shape index (κ1) is 19.7. The van der Waals surface area contributed by atoms with Crippen LogP contribution in [0.2, 0.25) is 0 Å². The SMILES string of the molecule is CC[C@H](C)C(=O)OC[C@H]1O[C@@H](n2ccc(NO)nc2=O)[C@@H]2OC(C)(C)O[C@@H]21. The van der Waals surface area contributed by atoms with Crippen LogP contribution >= 0.6 is 0 Å². The van der Waals surface area contributed by atoms with Crippen molar-refractivity contribution in [2.24, 2.45) is 5.92 Å². The van der Waals surface area contributed by atoms with Crippen LogP contribution in [0.15, 0.2) is 17.1 Å². The van der Waals surface area contributed by atoms with Gasteiger partial charge in [-0.25, -0.2) is 4.79 Å². The van der Waals surface area contributed by atoms with Gasteiger partial charge in [0.15, 0.2) is 17.8 Å². The van der Waals surface area contributed by atoms with E-state index in [4.69, 9.17) is 24.2 Å². The van der Waals surface area contributed by atoms with Gasteiger partial charge in [-0.15, -0.1) is 0 Å². The Labute approximate surface area is 156 Å². The molecule has 2 N–H and O–H groups in total. The molecule has 2 aliphatic heterocycles. The molecule has 2 fully saturated rings. The highest BCUT2D eigenvalue weighted by atomic mass is 16.8. The first-order valence-electron chi connectivity index (χ1n) is 8.92. The first-order chi connectivity index (χ1) is 12.8. The van der Waals surface area contributed by atoms with E-state index in [0.717, 1.165) is 0 Å². The Morgan fingerprint density at radius 1 is 1.44 bits per heavy atom. The van der Waals surface area contributed by atoms with Gasteiger partial charge in [-0.05, 0) is 26.3 Å². The fourth-order valence-corrected chi connectivity index (χ4v) is 3.16. The second-order valence-electron chi connectivity index (χ2n) is 7.18. The molecule has 0 amide bonds. The van der Waals surface area contributed by atoms with E-state index in [-0.39, 0.29) is 24.3 Å². The number of fused-ring (bicyclic) bond motifs is 1. The molecule has 150 valence electrons. The molecule has 27 heavy (non-hydrogen) atoms. The molecule has 3 heterocycles. The van der Waals surface area contributed by atoms with Crippen molar-refractivity contribution in [2.75, 3.05) is 12.1 Å². The maximum Gasteiger partial charge on any atom is 0.351 e. The molecule has 1 aromatic rings. The van der Waals surface area contributed by atoms with Crippen molar-refractivity contribution >= 4 is 11.8 Å². The average Bonchev–Trinajstić information content (AvgIpc) is 3.12. The normalized spacial score (nSPS) is 30.0. The van der Waals surface area contributed by atoms with Gasteiger partial charge < -0.3 is 18.9 Å².